The fourth-order valence-electron chi connectivity index (χ4n) is 2.39. The average molecular weight is 354 g/mol. The van der Waals surface area contributed by atoms with Gasteiger partial charge >= 0.3 is 0 Å². The minimum absolute atomic E-state index is 0.0172. The Labute approximate surface area is 154 Å². The summed E-state index contributed by atoms with van der Waals surface area (Å²) in [7, 11) is 0. The number of rotatable bonds is 4. The Balaban J connectivity index is 2.02. The molecule has 0 aliphatic carbocycles. The molecule has 0 fully saturated rings. The molecule has 2 amide bonds. The molecule has 0 heterocycles. The summed E-state index contributed by atoms with van der Waals surface area (Å²) in [6, 6.07) is 14.2. The Morgan fingerprint density at radius 2 is 1.46 bits per heavy atom. The first-order chi connectivity index (χ1) is 12.2. The Morgan fingerprint density at radius 3 is 2.04 bits per heavy atom. The molecular weight excluding hydrogens is 328 g/mol. The lowest BCUT2D eigenvalue weighted by Gasteiger charge is -2.19. The van der Waals surface area contributed by atoms with E-state index < -0.39 is 5.91 Å². The van der Waals surface area contributed by atoms with Crippen molar-refractivity contribution in [1.82, 2.24) is 10.9 Å². The molecule has 0 spiro atoms. The molecular formula is C21H26N2O3. The van der Waals surface area contributed by atoms with Gasteiger partial charge in [0.2, 0.25) is 0 Å². The highest BCUT2D eigenvalue weighted by molar-refractivity contribution is 6.00. The summed E-state index contributed by atoms with van der Waals surface area (Å²) >= 11 is 0. The lowest BCUT2D eigenvalue weighted by atomic mass is 9.87. The van der Waals surface area contributed by atoms with Crippen molar-refractivity contribution < 1.29 is 14.3 Å². The average Bonchev–Trinajstić information content (AvgIpc) is 2.58. The van der Waals surface area contributed by atoms with Crippen molar-refractivity contribution >= 4 is 11.8 Å². The van der Waals surface area contributed by atoms with Crippen LogP contribution < -0.4 is 15.6 Å². The van der Waals surface area contributed by atoms with Gasteiger partial charge in [-0.05, 0) is 49.1 Å². The molecule has 0 atom stereocenters. The van der Waals surface area contributed by atoms with E-state index >= 15 is 0 Å². The number of ether oxygens (including phenoxy) is 1. The SMILES string of the molecule is CC(C)Oc1ccccc1C(=O)NNC(=O)c1ccc(C(C)(C)C)cc1. The molecule has 5 nitrogen and oxygen atoms in total. The normalized spacial score (nSPS) is 11.2. The van der Waals surface area contributed by atoms with E-state index in [2.05, 4.69) is 31.6 Å². The molecule has 0 radical (unpaired) electrons. The number of para-hydroxylation sites is 1. The molecule has 0 saturated carbocycles. The van der Waals surface area contributed by atoms with Gasteiger partial charge in [-0.25, -0.2) is 0 Å². The molecule has 0 aromatic heterocycles. The van der Waals surface area contributed by atoms with Crippen molar-refractivity contribution in [3.8, 4) is 5.75 Å². The quantitative estimate of drug-likeness (QED) is 0.820. The van der Waals surface area contributed by atoms with E-state index in [0.29, 0.717) is 16.9 Å². The number of carbonyl (C=O) groups is 2. The second kappa shape index (κ2) is 8.04. The molecule has 2 aromatic rings. The van der Waals surface area contributed by atoms with Crippen LogP contribution in [-0.2, 0) is 5.41 Å². The van der Waals surface area contributed by atoms with Gasteiger partial charge in [-0.15, -0.1) is 0 Å². The topological polar surface area (TPSA) is 67.4 Å². The Morgan fingerprint density at radius 1 is 0.885 bits per heavy atom. The Kier molecular flexibility index (Phi) is 6.03. The van der Waals surface area contributed by atoms with E-state index in [9.17, 15) is 9.59 Å². The molecule has 2 rings (SSSR count). The van der Waals surface area contributed by atoms with Crippen molar-refractivity contribution in [2.45, 2.75) is 46.1 Å². The maximum Gasteiger partial charge on any atom is 0.273 e. The van der Waals surface area contributed by atoms with Crippen LogP contribution in [0.25, 0.3) is 0 Å². The second-order valence-corrected chi connectivity index (χ2v) is 7.40. The minimum Gasteiger partial charge on any atom is -0.490 e. The highest BCUT2D eigenvalue weighted by atomic mass is 16.5. The van der Waals surface area contributed by atoms with E-state index in [1.165, 1.54) is 0 Å². The van der Waals surface area contributed by atoms with Gasteiger partial charge in [-0.2, -0.15) is 0 Å². The maximum atomic E-state index is 12.4. The third-order valence-corrected chi connectivity index (χ3v) is 3.80. The maximum absolute atomic E-state index is 12.4. The van der Waals surface area contributed by atoms with Gasteiger partial charge in [0.25, 0.3) is 11.8 Å². The molecule has 26 heavy (non-hydrogen) atoms. The number of hydrogen-bond acceptors (Lipinski definition) is 3. The van der Waals surface area contributed by atoms with Gasteiger partial charge in [-0.1, -0.05) is 45.0 Å². The highest BCUT2D eigenvalue weighted by Gasteiger charge is 2.16. The van der Waals surface area contributed by atoms with E-state index in [1.807, 2.05) is 26.0 Å². The summed E-state index contributed by atoms with van der Waals surface area (Å²) in [5.74, 6) is -0.328. The lowest BCUT2D eigenvalue weighted by molar-refractivity contribution is 0.0843. The summed E-state index contributed by atoms with van der Waals surface area (Å²) in [6.45, 7) is 10.1. The molecule has 0 aliphatic heterocycles. The second-order valence-electron chi connectivity index (χ2n) is 7.40. The Bertz CT molecular complexity index is 775. The van der Waals surface area contributed by atoms with E-state index in [4.69, 9.17) is 4.74 Å². The lowest BCUT2D eigenvalue weighted by Crippen LogP contribution is -2.41. The van der Waals surface area contributed by atoms with Crippen LogP contribution >= 0.6 is 0 Å². The first kappa shape index (κ1) is 19.5. The molecule has 5 heteroatoms. The fourth-order valence-corrected chi connectivity index (χ4v) is 2.39. The number of hydrogen-bond donors (Lipinski definition) is 2. The van der Waals surface area contributed by atoms with Crippen LogP contribution in [0.15, 0.2) is 48.5 Å². The van der Waals surface area contributed by atoms with Crippen LogP contribution in [0, 0.1) is 0 Å². The van der Waals surface area contributed by atoms with Crippen molar-refractivity contribution in [1.29, 1.82) is 0 Å². The zero-order valence-electron chi connectivity index (χ0n) is 15.9. The monoisotopic (exact) mass is 354 g/mol. The third kappa shape index (κ3) is 5.09. The van der Waals surface area contributed by atoms with Crippen molar-refractivity contribution in [2.75, 3.05) is 0 Å². The summed E-state index contributed by atoms with van der Waals surface area (Å²) < 4.78 is 5.63. The highest BCUT2D eigenvalue weighted by Crippen LogP contribution is 2.22. The number of benzene rings is 2. The predicted octanol–water partition coefficient (Wildman–Crippen LogP) is 3.85. The van der Waals surface area contributed by atoms with E-state index in [0.717, 1.165) is 5.56 Å². The standard InChI is InChI=1S/C21H26N2O3/c1-14(2)26-18-9-7-6-8-17(18)20(25)23-22-19(24)15-10-12-16(13-11-15)21(3,4)5/h6-14H,1-5H3,(H,22,24)(H,23,25). The Hall–Kier alpha value is -2.82. The first-order valence-corrected chi connectivity index (χ1v) is 8.65. The van der Waals surface area contributed by atoms with Gasteiger partial charge in [-0.3, -0.25) is 20.4 Å². The summed E-state index contributed by atoms with van der Waals surface area (Å²) in [6.07, 6.45) is -0.0557. The molecule has 138 valence electrons. The van der Waals surface area contributed by atoms with Gasteiger partial charge in [0.1, 0.15) is 5.75 Å². The van der Waals surface area contributed by atoms with Crippen LogP contribution in [0.5, 0.6) is 5.75 Å². The van der Waals surface area contributed by atoms with Gasteiger partial charge < -0.3 is 4.74 Å². The van der Waals surface area contributed by atoms with Crippen molar-refractivity contribution in [3.05, 3.63) is 65.2 Å². The zero-order chi connectivity index (χ0) is 19.3. The molecule has 0 unspecified atom stereocenters. The smallest absolute Gasteiger partial charge is 0.273 e. The largest absolute Gasteiger partial charge is 0.490 e. The summed E-state index contributed by atoms with van der Waals surface area (Å²) in [5.41, 5.74) is 6.88. The molecule has 0 saturated heterocycles. The number of carbonyl (C=O) groups excluding carboxylic acids is 2. The van der Waals surface area contributed by atoms with Gasteiger partial charge in [0.15, 0.2) is 0 Å². The van der Waals surface area contributed by atoms with Gasteiger partial charge in [0, 0.05) is 5.56 Å². The molecule has 0 aliphatic rings. The number of hydrazine groups is 1. The number of nitrogens with one attached hydrogen (secondary N) is 2. The van der Waals surface area contributed by atoms with E-state index in [1.54, 1.807) is 36.4 Å². The first-order valence-electron chi connectivity index (χ1n) is 8.65. The van der Waals surface area contributed by atoms with Crippen LogP contribution in [0.3, 0.4) is 0 Å². The fraction of sp³-hybridized carbons (Fsp3) is 0.333. The molecule has 2 aromatic carbocycles. The van der Waals surface area contributed by atoms with Crippen LogP contribution in [-0.4, -0.2) is 17.9 Å². The van der Waals surface area contributed by atoms with Crippen molar-refractivity contribution in [3.63, 3.8) is 0 Å². The number of amides is 2. The zero-order valence-corrected chi connectivity index (χ0v) is 15.9. The third-order valence-electron chi connectivity index (χ3n) is 3.80. The minimum atomic E-state index is -0.430. The summed E-state index contributed by atoms with van der Waals surface area (Å²) in [4.78, 5) is 24.6. The summed E-state index contributed by atoms with van der Waals surface area (Å²) in [5, 5.41) is 0. The van der Waals surface area contributed by atoms with Gasteiger partial charge in [0.05, 0.1) is 11.7 Å². The van der Waals surface area contributed by atoms with Crippen LogP contribution in [0.1, 0.15) is 60.9 Å². The molecule has 2 N–H and O–H groups in total. The van der Waals surface area contributed by atoms with Crippen molar-refractivity contribution in [2.24, 2.45) is 0 Å². The molecule has 0 bridgehead atoms. The van der Waals surface area contributed by atoms with E-state index in [-0.39, 0.29) is 17.4 Å². The van der Waals surface area contributed by atoms with Crippen LogP contribution in [0.2, 0.25) is 0 Å². The van der Waals surface area contributed by atoms with Crippen LogP contribution in [0.4, 0.5) is 0 Å². The predicted molar refractivity (Wildman–Crippen MR) is 102 cm³/mol.